The van der Waals surface area contributed by atoms with E-state index in [1.807, 2.05) is 0 Å². The highest BCUT2D eigenvalue weighted by Gasteiger charge is 2.29. The normalized spacial score (nSPS) is 29.5. The first-order chi connectivity index (χ1) is 7.25. The van der Waals surface area contributed by atoms with Crippen molar-refractivity contribution >= 4 is 21.8 Å². The Morgan fingerprint density at radius 3 is 2.40 bits per heavy atom. The third-order valence-corrected chi connectivity index (χ3v) is 4.23. The first-order valence-corrected chi connectivity index (χ1v) is 7.09. The molecule has 2 nitrogen and oxygen atoms in total. The molecule has 15 heavy (non-hydrogen) atoms. The minimum atomic E-state index is 0.348. The second-order valence-electron chi connectivity index (χ2n) is 4.96. The number of hydrogen-bond donors (Lipinski definition) is 0. The Morgan fingerprint density at radius 1 is 1.20 bits per heavy atom. The van der Waals surface area contributed by atoms with Crippen LogP contribution in [0.4, 0.5) is 0 Å². The molecule has 0 spiro atoms. The topological polar surface area (TPSA) is 20.3 Å². The number of hydrogen-bond acceptors (Lipinski definition) is 1. The molecule has 0 aromatic heterocycles. The van der Waals surface area contributed by atoms with Crippen LogP contribution in [-0.4, -0.2) is 28.7 Å². The van der Waals surface area contributed by atoms with Crippen LogP contribution < -0.4 is 0 Å². The lowest BCUT2D eigenvalue weighted by molar-refractivity contribution is -0.128. The van der Waals surface area contributed by atoms with Crippen molar-refractivity contribution in [2.45, 2.75) is 49.8 Å². The highest BCUT2D eigenvalue weighted by molar-refractivity contribution is 9.09. The van der Waals surface area contributed by atoms with Crippen molar-refractivity contribution in [1.82, 2.24) is 4.90 Å². The van der Waals surface area contributed by atoms with Gasteiger partial charge in [0.05, 0.1) is 0 Å². The third kappa shape index (κ3) is 3.20. The van der Waals surface area contributed by atoms with Gasteiger partial charge in [0, 0.05) is 24.3 Å². The van der Waals surface area contributed by atoms with Gasteiger partial charge >= 0.3 is 0 Å². The molecule has 0 N–H and O–H groups in total. The maximum Gasteiger partial charge on any atom is 0.223 e. The van der Waals surface area contributed by atoms with Crippen LogP contribution in [0.1, 0.15) is 44.9 Å². The minimum Gasteiger partial charge on any atom is -0.341 e. The Kier molecular flexibility index (Phi) is 4.06. The molecule has 1 amide bonds. The highest BCUT2D eigenvalue weighted by Crippen LogP contribution is 2.26. The van der Waals surface area contributed by atoms with Gasteiger partial charge in [0.1, 0.15) is 0 Å². The maximum atomic E-state index is 11.6. The molecule has 0 radical (unpaired) electrons. The fraction of sp³-hybridized carbons (Fsp3) is 0.917. The van der Waals surface area contributed by atoms with Crippen molar-refractivity contribution in [2.75, 3.05) is 13.1 Å². The van der Waals surface area contributed by atoms with Crippen LogP contribution >= 0.6 is 15.9 Å². The number of amides is 1. The van der Waals surface area contributed by atoms with Gasteiger partial charge in [-0.15, -0.1) is 0 Å². The second kappa shape index (κ2) is 5.33. The molecular formula is C12H20BrNO. The van der Waals surface area contributed by atoms with Gasteiger partial charge in [-0.2, -0.15) is 0 Å². The predicted molar refractivity (Wildman–Crippen MR) is 65.1 cm³/mol. The van der Waals surface area contributed by atoms with Gasteiger partial charge in [0.15, 0.2) is 0 Å². The van der Waals surface area contributed by atoms with Crippen LogP contribution in [0.25, 0.3) is 0 Å². The van der Waals surface area contributed by atoms with Crippen molar-refractivity contribution in [2.24, 2.45) is 5.92 Å². The Labute approximate surface area is 101 Å². The Morgan fingerprint density at radius 2 is 1.87 bits per heavy atom. The molecule has 0 bridgehead atoms. The number of halogens is 1. The molecule has 1 saturated carbocycles. The lowest BCUT2D eigenvalue weighted by Gasteiger charge is -2.22. The van der Waals surface area contributed by atoms with E-state index >= 15 is 0 Å². The van der Waals surface area contributed by atoms with Gasteiger partial charge in [-0.3, -0.25) is 4.79 Å². The van der Waals surface area contributed by atoms with Crippen LogP contribution in [0.5, 0.6) is 0 Å². The van der Waals surface area contributed by atoms with E-state index in [1.54, 1.807) is 0 Å². The Balaban J connectivity index is 1.82. The predicted octanol–water partition coefficient (Wildman–Crippen LogP) is 2.95. The number of nitrogens with zero attached hydrogens (tertiary/aromatic N) is 1. The minimum absolute atomic E-state index is 0.348. The van der Waals surface area contributed by atoms with Crippen molar-refractivity contribution in [1.29, 1.82) is 0 Å². The highest BCUT2D eigenvalue weighted by atomic mass is 79.9. The van der Waals surface area contributed by atoms with Crippen LogP contribution in [0, 0.1) is 5.92 Å². The van der Waals surface area contributed by atoms with Gasteiger partial charge in [-0.25, -0.2) is 0 Å². The Bertz CT molecular complexity index is 224. The van der Waals surface area contributed by atoms with Crippen LogP contribution in [-0.2, 0) is 4.79 Å². The molecule has 1 aliphatic carbocycles. The summed E-state index contributed by atoms with van der Waals surface area (Å²) >= 11 is 3.54. The molecule has 0 aromatic rings. The van der Waals surface area contributed by atoms with E-state index in [0.29, 0.717) is 17.2 Å². The summed E-state index contributed by atoms with van der Waals surface area (Å²) in [6, 6.07) is 0. The van der Waals surface area contributed by atoms with E-state index in [4.69, 9.17) is 0 Å². The molecule has 3 heteroatoms. The first-order valence-electron chi connectivity index (χ1n) is 6.17. The molecule has 1 saturated heterocycles. The number of alkyl halides is 1. The lowest BCUT2D eigenvalue weighted by Crippen LogP contribution is -2.31. The Hall–Kier alpha value is -0.0500. The summed E-state index contributed by atoms with van der Waals surface area (Å²) in [6.45, 7) is 1.94. The van der Waals surface area contributed by atoms with E-state index in [1.165, 1.54) is 38.5 Å². The average molecular weight is 274 g/mol. The summed E-state index contributed by atoms with van der Waals surface area (Å²) in [5.41, 5.74) is 0. The van der Waals surface area contributed by atoms with Gasteiger partial charge in [0.2, 0.25) is 5.91 Å². The van der Waals surface area contributed by atoms with Crippen molar-refractivity contribution < 1.29 is 4.79 Å². The zero-order valence-corrected chi connectivity index (χ0v) is 10.8. The summed E-state index contributed by atoms with van der Waals surface area (Å²) < 4.78 is 0. The average Bonchev–Trinajstić information content (AvgIpc) is 2.44. The van der Waals surface area contributed by atoms with Gasteiger partial charge < -0.3 is 4.90 Å². The van der Waals surface area contributed by atoms with E-state index in [9.17, 15) is 4.79 Å². The largest absolute Gasteiger partial charge is 0.341 e. The monoisotopic (exact) mass is 273 g/mol. The molecule has 2 fully saturated rings. The molecule has 1 unspecified atom stereocenters. The van der Waals surface area contributed by atoms with Crippen LogP contribution in [0.3, 0.4) is 0 Å². The summed E-state index contributed by atoms with van der Waals surface area (Å²) in [6.07, 6.45) is 8.88. The molecule has 1 atom stereocenters. The number of likely N-dealkylation sites (tertiary alicyclic amines) is 1. The van der Waals surface area contributed by atoms with Crippen molar-refractivity contribution in [3.05, 3.63) is 0 Å². The number of carbonyl (C=O) groups is 1. The molecule has 0 aromatic carbocycles. The first kappa shape index (κ1) is 11.4. The van der Waals surface area contributed by atoms with E-state index in [0.717, 1.165) is 19.0 Å². The van der Waals surface area contributed by atoms with Crippen LogP contribution in [0.15, 0.2) is 0 Å². The molecule has 1 heterocycles. The zero-order valence-electron chi connectivity index (χ0n) is 9.25. The maximum absolute atomic E-state index is 11.6. The summed E-state index contributed by atoms with van der Waals surface area (Å²) in [7, 11) is 0. The van der Waals surface area contributed by atoms with E-state index in [2.05, 4.69) is 20.8 Å². The summed E-state index contributed by atoms with van der Waals surface area (Å²) in [4.78, 5) is 14.1. The quantitative estimate of drug-likeness (QED) is 0.560. The fourth-order valence-corrected chi connectivity index (χ4v) is 3.39. The SMILES string of the molecule is O=C1CC(Br)CN1CC1CCCCCC1. The van der Waals surface area contributed by atoms with E-state index < -0.39 is 0 Å². The van der Waals surface area contributed by atoms with Crippen molar-refractivity contribution in [3.63, 3.8) is 0 Å². The van der Waals surface area contributed by atoms with Gasteiger partial charge in [0.25, 0.3) is 0 Å². The van der Waals surface area contributed by atoms with Crippen molar-refractivity contribution in [3.8, 4) is 0 Å². The standard InChI is InChI=1S/C12H20BrNO/c13-11-7-12(15)14(9-11)8-10-5-3-1-2-4-6-10/h10-11H,1-9H2. The smallest absolute Gasteiger partial charge is 0.223 e. The van der Waals surface area contributed by atoms with Gasteiger partial charge in [-0.05, 0) is 18.8 Å². The van der Waals surface area contributed by atoms with E-state index in [-0.39, 0.29) is 0 Å². The summed E-state index contributed by atoms with van der Waals surface area (Å²) in [5, 5.41) is 0. The molecule has 2 rings (SSSR count). The molecule has 86 valence electrons. The van der Waals surface area contributed by atoms with Crippen LogP contribution in [0.2, 0.25) is 0 Å². The number of carbonyl (C=O) groups excluding carboxylic acids is 1. The van der Waals surface area contributed by atoms with Gasteiger partial charge in [-0.1, -0.05) is 41.6 Å². The zero-order chi connectivity index (χ0) is 10.7. The second-order valence-corrected chi connectivity index (χ2v) is 6.25. The molecule has 1 aliphatic heterocycles. The fourth-order valence-electron chi connectivity index (χ4n) is 2.76. The number of rotatable bonds is 2. The summed E-state index contributed by atoms with van der Waals surface area (Å²) in [5.74, 6) is 1.12. The molecular weight excluding hydrogens is 254 g/mol. The third-order valence-electron chi connectivity index (χ3n) is 3.62. The molecule has 2 aliphatic rings. The lowest BCUT2D eigenvalue weighted by atomic mass is 10.00.